The van der Waals surface area contributed by atoms with Crippen molar-refractivity contribution in [3.05, 3.63) is 63.1 Å². The van der Waals surface area contributed by atoms with Gasteiger partial charge in [0.25, 0.3) is 0 Å². The molecule has 3 rings (SSSR count). The molecule has 0 radical (unpaired) electrons. The van der Waals surface area contributed by atoms with Crippen LogP contribution in [0.25, 0.3) is 0 Å². The zero-order valence-corrected chi connectivity index (χ0v) is 15.7. The minimum absolute atomic E-state index is 0.267. The summed E-state index contributed by atoms with van der Waals surface area (Å²) in [5, 5.41) is 0.874. The smallest absolute Gasteiger partial charge is 0.150 e. The molecule has 2 N–H and O–H groups in total. The maximum atomic E-state index is 10.2. The van der Waals surface area contributed by atoms with E-state index >= 15 is 0 Å². The number of nitrogen functional groups attached to an aromatic ring is 1. The molecule has 0 fully saturated rings. The number of ether oxygens (including phenoxy) is 1. The Labute approximate surface area is 153 Å². The van der Waals surface area contributed by atoms with Gasteiger partial charge in [0, 0.05) is 18.4 Å². The van der Waals surface area contributed by atoms with E-state index in [2.05, 4.69) is 6.07 Å². The Morgan fingerprint density at radius 3 is 2.42 bits per heavy atom. The van der Waals surface area contributed by atoms with Crippen molar-refractivity contribution in [1.29, 1.82) is 0 Å². The summed E-state index contributed by atoms with van der Waals surface area (Å²) in [7, 11) is 1.75. The van der Waals surface area contributed by atoms with E-state index in [4.69, 9.17) is 33.7 Å². The molecule has 1 atom stereocenters. The summed E-state index contributed by atoms with van der Waals surface area (Å²) in [6.07, 6.45) is 3.20. The van der Waals surface area contributed by atoms with Gasteiger partial charge >= 0.3 is 0 Å². The number of aldehydes is 1. The number of aryl methyl sites for hydroxylation is 1. The Kier molecular flexibility index (Phi) is 8.83. The van der Waals surface area contributed by atoms with E-state index in [0.29, 0.717) is 15.6 Å². The lowest BCUT2D eigenvalue weighted by Crippen LogP contribution is -1.96. The molecule has 1 unspecified atom stereocenters. The standard InChI is InChI=1S/C10H13NO.C7H4Cl2O.C2H6/c1-12-10-5-3-7-2-4-8(11)6-9(7)10;8-6-2-1-5(4-10)3-7(6)9;1-2/h2,4,6,10H,3,5,11H2,1H3;1-4H;1-2H3. The minimum Gasteiger partial charge on any atom is -0.399 e. The summed E-state index contributed by atoms with van der Waals surface area (Å²) in [5.74, 6) is 0. The highest BCUT2D eigenvalue weighted by atomic mass is 35.5. The van der Waals surface area contributed by atoms with Gasteiger partial charge in [-0.2, -0.15) is 0 Å². The maximum Gasteiger partial charge on any atom is 0.150 e. The van der Waals surface area contributed by atoms with Crippen molar-refractivity contribution in [1.82, 2.24) is 0 Å². The van der Waals surface area contributed by atoms with Crippen LogP contribution in [-0.2, 0) is 11.2 Å². The first-order valence-corrected chi connectivity index (χ1v) is 8.62. The molecule has 0 bridgehead atoms. The van der Waals surface area contributed by atoms with Crippen LogP contribution in [0, 0.1) is 0 Å². The third-order valence-electron chi connectivity index (χ3n) is 3.56. The first-order valence-electron chi connectivity index (χ1n) is 7.86. The number of hydrogen-bond donors (Lipinski definition) is 1. The summed E-state index contributed by atoms with van der Waals surface area (Å²) < 4.78 is 5.34. The molecule has 1 aliphatic carbocycles. The van der Waals surface area contributed by atoms with E-state index in [0.717, 1.165) is 24.8 Å². The summed E-state index contributed by atoms with van der Waals surface area (Å²) in [6, 6.07) is 10.8. The highest BCUT2D eigenvalue weighted by Gasteiger charge is 2.21. The molecular formula is C19H23Cl2NO2. The average molecular weight is 368 g/mol. The summed E-state index contributed by atoms with van der Waals surface area (Å²) in [6.45, 7) is 4.00. The normalized spacial score (nSPS) is 14.6. The number of fused-ring (bicyclic) bond motifs is 1. The number of methoxy groups -OCH3 is 1. The van der Waals surface area contributed by atoms with Gasteiger partial charge in [-0.1, -0.05) is 49.2 Å². The van der Waals surface area contributed by atoms with Crippen molar-refractivity contribution in [3.63, 3.8) is 0 Å². The number of nitrogens with two attached hydrogens (primary N) is 1. The van der Waals surface area contributed by atoms with E-state index in [1.54, 1.807) is 19.2 Å². The third-order valence-corrected chi connectivity index (χ3v) is 4.30. The van der Waals surface area contributed by atoms with Crippen molar-refractivity contribution in [2.24, 2.45) is 0 Å². The summed E-state index contributed by atoms with van der Waals surface area (Å²) >= 11 is 11.2. The van der Waals surface area contributed by atoms with Crippen LogP contribution >= 0.6 is 23.2 Å². The van der Waals surface area contributed by atoms with E-state index in [9.17, 15) is 4.79 Å². The van der Waals surface area contributed by atoms with Gasteiger partial charge in [0.05, 0.1) is 16.1 Å². The Morgan fingerprint density at radius 1 is 1.12 bits per heavy atom. The Hall–Kier alpha value is -1.55. The van der Waals surface area contributed by atoms with Crippen molar-refractivity contribution in [3.8, 4) is 0 Å². The lowest BCUT2D eigenvalue weighted by atomic mass is 10.1. The minimum atomic E-state index is 0.267. The Morgan fingerprint density at radius 2 is 1.83 bits per heavy atom. The fourth-order valence-corrected chi connectivity index (χ4v) is 2.72. The number of rotatable bonds is 2. The molecule has 0 heterocycles. The largest absolute Gasteiger partial charge is 0.399 e. The van der Waals surface area contributed by atoms with Crippen molar-refractivity contribution in [2.75, 3.05) is 12.8 Å². The van der Waals surface area contributed by atoms with Crippen molar-refractivity contribution in [2.45, 2.75) is 32.8 Å². The first kappa shape index (κ1) is 20.5. The molecule has 0 aromatic heterocycles. The van der Waals surface area contributed by atoms with Crippen molar-refractivity contribution < 1.29 is 9.53 Å². The SMILES string of the molecule is CC.COC1CCc2ccc(N)cc21.O=Cc1ccc(Cl)c(Cl)c1. The average Bonchev–Trinajstić information content (AvgIpc) is 3.02. The van der Waals surface area contributed by atoms with Gasteiger partial charge in [0.15, 0.2) is 0 Å². The molecule has 0 saturated heterocycles. The molecule has 24 heavy (non-hydrogen) atoms. The van der Waals surface area contributed by atoms with Crippen LogP contribution in [0.1, 0.15) is 47.9 Å². The number of benzene rings is 2. The number of halogens is 2. The van der Waals surface area contributed by atoms with Crippen LogP contribution in [-0.4, -0.2) is 13.4 Å². The molecule has 0 saturated carbocycles. The lowest BCUT2D eigenvalue weighted by molar-refractivity contribution is 0.105. The second kappa shape index (κ2) is 10.3. The predicted molar refractivity (Wildman–Crippen MR) is 102 cm³/mol. The predicted octanol–water partition coefficient (Wildman–Crippen LogP) is 5.73. The van der Waals surface area contributed by atoms with Gasteiger partial charge in [-0.3, -0.25) is 4.79 Å². The number of hydrogen-bond acceptors (Lipinski definition) is 3. The zero-order chi connectivity index (χ0) is 18.1. The second-order valence-electron chi connectivity index (χ2n) is 5.01. The molecule has 2 aromatic carbocycles. The molecule has 5 heteroatoms. The molecular weight excluding hydrogens is 345 g/mol. The summed E-state index contributed by atoms with van der Waals surface area (Å²) in [4.78, 5) is 10.2. The Balaban J connectivity index is 0.000000221. The van der Waals surface area contributed by atoms with Crippen LogP contribution < -0.4 is 5.73 Å². The van der Waals surface area contributed by atoms with Crippen LogP contribution in [0.15, 0.2) is 36.4 Å². The van der Waals surface area contributed by atoms with Gasteiger partial charge < -0.3 is 10.5 Å². The maximum absolute atomic E-state index is 10.2. The summed E-state index contributed by atoms with van der Waals surface area (Å²) in [5.41, 5.74) is 9.72. The first-order chi connectivity index (χ1) is 11.5. The quantitative estimate of drug-likeness (QED) is 0.544. The molecule has 1 aliphatic rings. The van der Waals surface area contributed by atoms with Crippen LogP contribution in [0.4, 0.5) is 5.69 Å². The van der Waals surface area contributed by atoms with Gasteiger partial charge in [-0.15, -0.1) is 0 Å². The monoisotopic (exact) mass is 367 g/mol. The van der Waals surface area contributed by atoms with Gasteiger partial charge in [0.2, 0.25) is 0 Å². The highest BCUT2D eigenvalue weighted by Crippen LogP contribution is 2.34. The van der Waals surface area contributed by atoms with Gasteiger partial charge in [-0.25, -0.2) is 0 Å². The van der Waals surface area contributed by atoms with Crippen LogP contribution in [0.3, 0.4) is 0 Å². The molecule has 2 aromatic rings. The lowest BCUT2D eigenvalue weighted by Gasteiger charge is -2.08. The number of anilines is 1. The van der Waals surface area contributed by atoms with Crippen molar-refractivity contribution >= 4 is 35.2 Å². The molecule has 130 valence electrons. The molecule has 0 spiro atoms. The van der Waals surface area contributed by atoms with Crippen LogP contribution in [0.5, 0.6) is 0 Å². The molecule has 0 amide bonds. The van der Waals surface area contributed by atoms with Gasteiger partial charge in [-0.05, 0) is 48.2 Å². The molecule has 3 nitrogen and oxygen atoms in total. The second-order valence-corrected chi connectivity index (χ2v) is 5.83. The Bertz CT molecular complexity index is 674. The van der Waals surface area contributed by atoms with E-state index < -0.39 is 0 Å². The van der Waals surface area contributed by atoms with Crippen LogP contribution in [0.2, 0.25) is 10.0 Å². The van der Waals surface area contributed by atoms with E-state index in [-0.39, 0.29) is 6.10 Å². The molecule has 0 aliphatic heterocycles. The fraction of sp³-hybridized carbons (Fsp3) is 0.316. The highest BCUT2D eigenvalue weighted by molar-refractivity contribution is 6.42. The third kappa shape index (κ3) is 5.52. The zero-order valence-electron chi connectivity index (χ0n) is 14.2. The van der Waals surface area contributed by atoms with E-state index in [1.807, 2.05) is 26.0 Å². The number of carbonyl (C=O) groups is 1. The topological polar surface area (TPSA) is 52.3 Å². The number of carbonyl (C=O) groups excluding carboxylic acids is 1. The fourth-order valence-electron chi connectivity index (χ4n) is 2.41. The van der Waals surface area contributed by atoms with Gasteiger partial charge in [0.1, 0.15) is 6.29 Å². The van der Waals surface area contributed by atoms with E-state index in [1.165, 1.54) is 17.2 Å².